The van der Waals surface area contributed by atoms with Gasteiger partial charge in [0.05, 0.1) is 18.3 Å². The molecule has 1 aromatic heterocycles. The zero-order valence-corrected chi connectivity index (χ0v) is 15.4. The lowest BCUT2D eigenvalue weighted by atomic mass is 10.0. The Bertz CT molecular complexity index is 638. The first kappa shape index (κ1) is 19.4. The first-order valence-corrected chi connectivity index (χ1v) is 9.45. The highest BCUT2D eigenvalue weighted by Gasteiger charge is 2.20. The van der Waals surface area contributed by atoms with E-state index in [1.54, 1.807) is 13.8 Å². The number of carboxylic acids is 1. The molecule has 138 valence electrons. The summed E-state index contributed by atoms with van der Waals surface area (Å²) in [4.78, 5) is 39.2. The molecule has 1 heterocycles. The predicted molar refractivity (Wildman–Crippen MR) is 94.6 cm³/mol. The van der Waals surface area contributed by atoms with E-state index in [4.69, 9.17) is 5.11 Å². The maximum absolute atomic E-state index is 12.0. The number of thiazole rings is 1. The van der Waals surface area contributed by atoms with Crippen LogP contribution in [-0.4, -0.2) is 34.4 Å². The van der Waals surface area contributed by atoms with Gasteiger partial charge in [0, 0.05) is 6.42 Å². The highest BCUT2D eigenvalue weighted by Crippen LogP contribution is 2.28. The van der Waals surface area contributed by atoms with Crippen molar-refractivity contribution in [1.29, 1.82) is 0 Å². The average molecular weight is 367 g/mol. The Balaban J connectivity index is 1.72. The van der Waals surface area contributed by atoms with E-state index in [-0.39, 0.29) is 23.2 Å². The van der Waals surface area contributed by atoms with Crippen molar-refractivity contribution < 1.29 is 19.5 Å². The van der Waals surface area contributed by atoms with Crippen molar-refractivity contribution in [1.82, 2.24) is 15.6 Å². The molecule has 0 aromatic carbocycles. The molecule has 1 saturated carbocycles. The lowest BCUT2D eigenvalue weighted by Crippen LogP contribution is -2.38. The molecule has 1 aliphatic rings. The molecular weight excluding hydrogens is 342 g/mol. The minimum Gasteiger partial charge on any atom is -0.477 e. The molecule has 8 heteroatoms. The molecule has 1 aromatic rings. The molecule has 7 nitrogen and oxygen atoms in total. The highest BCUT2D eigenvalue weighted by molar-refractivity contribution is 7.13. The first-order chi connectivity index (χ1) is 11.9. The van der Waals surface area contributed by atoms with Crippen LogP contribution in [0.3, 0.4) is 0 Å². The lowest BCUT2D eigenvalue weighted by molar-refractivity contribution is -0.126. The Kier molecular flexibility index (Phi) is 6.92. The summed E-state index contributed by atoms with van der Waals surface area (Å²) < 4.78 is 0. The van der Waals surface area contributed by atoms with Gasteiger partial charge in [0.2, 0.25) is 11.8 Å². The summed E-state index contributed by atoms with van der Waals surface area (Å²) in [7, 11) is 0. The van der Waals surface area contributed by atoms with E-state index in [0.29, 0.717) is 23.0 Å². The topological polar surface area (TPSA) is 108 Å². The second-order valence-corrected chi connectivity index (χ2v) is 7.56. The van der Waals surface area contributed by atoms with E-state index in [2.05, 4.69) is 15.6 Å². The SMILES string of the molecule is Cc1nc(C(C)NC(=O)CNC(=O)CCC2CCCC2)sc1C(=O)O. The van der Waals surface area contributed by atoms with Crippen LogP contribution >= 0.6 is 11.3 Å². The van der Waals surface area contributed by atoms with Crippen LogP contribution in [0, 0.1) is 12.8 Å². The Morgan fingerprint density at radius 3 is 2.56 bits per heavy atom. The fraction of sp³-hybridized carbons (Fsp3) is 0.647. The molecule has 1 aliphatic carbocycles. The summed E-state index contributed by atoms with van der Waals surface area (Å²) in [6.07, 6.45) is 6.27. The van der Waals surface area contributed by atoms with E-state index < -0.39 is 12.0 Å². The average Bonchev–Trinajstić information content (AvgIpc) is 3.20. The van der Waals surface area contributed by atoms with Gasteiger partial charge in [-0.1, -0.05) is 25.7 Å². The molecule has 1 atom stereocenters. The van der Waals surface area contributed by atoms with Crippen LogP contribution in [0.2, 0.25) is 0 Å². The summed E-state index contributed by atoms with van der Waals surface area (Å²) in [5.74, 6) is -0.787. The third-order valence-corrected chi connectivity index (χ3v) is 5.78. The van der Waals surface area contributed by atoms with Gasteiger partial charge < -0.3 is 15.7 Å². The second kappa shape index (κ2) is 8.94. The maximum atomic E-state index is 12.0. The Morgan fingerprint density at radius 2 is 1.96 bits per heavy atom. The normalized spacial score (nSPS) is 15.8. The predicted octanol–water partition coefficient (Wildman–Crippen LogP) is 2.41. The number of carbonyl (C=O) groups is 3. The Hall–Kier alpha value is -1.96. The van der Waals surface area contributed by atoms with Crippen LogP contribution in [-0.2, 0) is 9.59 Å². The van der Waals surface area contributed by atoms with Crippen molar-refractivity contribution in [2.24, 2.45) is 5.92 Å². The van der Waals surface area contributed by atoms with Crippen molar-refractivity contribution in [2.75, 3.05) is 6.54 Å². The smallest absolute Gasteiger partial charge is 0.347 e. The standard InChI is InChI=1S/C17H25N3O4S/c1-10-15(17(23)24)25-16(20-10)11(2)19-14(22)9-18-13(21)8-7-12-5-3-4-6-12/h11-12H,3-9H2,1-2H3,(H,18,21)(H,19,22)(H,23,24). The number of aryl methyl sites for hydroxylation is 1. The fourth-order valence-electron chi connectivity index (χ4n) is 3.06. The molecule has 2 rings (SSSR count). The molecule has 0 spiro atoms. The van der Waals surface area contributed by atoms with E-state index in [9.17, 15) is 14.4 Å². The summed E-state index contributed by atoms with van der Waals surface area (Å²) in [5.41, 5.74) is 0.439. The summed E-state index contributed by atoms with van der Waals surface area (Å²) in [6.45, 7) is 3.29. The number of nitrogens with one attached hydrogen (secondary N) is 2. The van der Waals surface area contributed by atoms with E-state index in [1.165, 1.54) is 25.7 Å². The van der Waals surface area contributed by atoms with Crippen molar-refractivity contribution in [2.45, 2.75) is 58.4 Å². The maximum Gasteiger partial charge on any atom is 0.347 e. The molecule has 1 unspecified atom stereocenters. The number of aromatic carboxylic acids is 1. The Morgan fingerprint density at radius 1 is 1.28 bits per heavy atom. The van der Waals surface area contributed by atoms with Crippen LogP contribution in [0.5, 0.6) is 0 Å². The van der Waals surface area contributed by atoms with Crippen LogP contribution in [0.1, 0.15) is 71.9 Å². The first-order valence-electron chi connectivity index (χ1n) is 8.63. The number of rotatable bonds is 8. The molecular formula is C17H25N3O4S. The fourth-order valence-corrected chi connectivity index (χ4v) is 3.96. The minimum atomic E-state index is -1.02. The highest BCUT2D eigenvalue weighted by atomic mass is 32.1. The van der Waals surface area contributed by atoms with Gasteiger partial charge in [0.1, 0.15) is 9.88 Å². The molecule has 0 radical (unpaired) electrons. The van der Waals surface area contributed by atoms with Gasteiger partial charge in [-0.2, -0.15) is 0 Å². The minimum absolute atomic E-state index is 0.0794. The molecule has 1 fully saturated rings. The van der Waals surface area contributed by atoms with Gasteiger partial charge in [0.25, 0.3) is 0 Å². The monoisotopic (exact) mass is 367 g/mol. The third kappa shape index (κ3) is 5.81. The summed E-state index contributed by atoms with van der Waals surface area (Å²) in [6, 6.07) is -0.403. The van der Waals surface area contributed by atoms with Crippen LogP contribution in [0.15, 0.2) is 0 Å². The van der Waals surface area contributed by atoms with Crippen LogP contribution < -0.4 is 10.6 Å². The number of carbonyl (C=O) groups excluding carboxylic acids is 2. The Labute approximate surface area is 151 Å². The zero-order valence-electron chi connectivity index (χ0n) is 14.6. The van der Waals surface area contributed by atoms with Crippen molar-refractivity contribution in [3.05, 3.63) is 15.6 Å². The molecule has 25 heavy (non-hydrogen) atoms. The van der Waals surface area contributed by atoms with Crippen LogP contribution in [0.4, 0.5) is 0 Å². The second-order valence-electron chi connectivity index (χ2n) is 6.53. The summed E-state index contributed by atoms with van der Waals surface area (Å²) >= 11 is 1.05. The summed E-state index contributed by atoms with van der Waals surface area (Å²) in [5, 5.41) is 15.0. The zero-order chi connectivity index (χ0) is 18.4. The van der Waals surface area contributed by atoms with Crippen molar-refractivity contribution >= 4 is 29.1 Å². The largest absolute Gasteiger partial charge is 0.477 e. The third-order valence-electron chi connectivity index (χ3n) is 4.46. The molecule has 0 aliphatic heterocycles. The van der Waals surface area contributed by atoms with E-state index >= 15 is 0 Å². The van der Waals surface area contributed by atoms with E-state index in [1.807, 2.05) is 0 Å². The van der Waals surface area contributed by atoms with Gasteiger partial charge in [-0.15, -0.1) is 11.3 Å². The van der Waals surface area contributed by atoms with Gasteiger partial charge in [-0.05, 0) is 26.2 Å². The quantitative estimate of drug-likeness (QED) is 0.654. The molecule has 0 bridgehead atoms. The van der Waals surface area contributed by atoms with Gasteiger partial charge in [-0.3, -0.25) is 9.59 Å². The number of hydrogen-bond acceptors (Lipinski definition) is 5. The number of aromatic nitrogens is 1. The van der Waals surface area contributed by atoms with Gasteiger partial charge in [-0.25, -0.2) is 9.78 Å². The van der Waals surface area contributed by atoms with Gasteiger partial charge in [0.15, 0.2) is 0 Å². The number of carboxylic acid groups (broad SMARTS) is 1. The number of hydrogen-bond donors (Lipinski definition) is 3. The van der Waals surface area contributed by atoms with Crippen molar-refractivity contribution in [3.63, 3.8) is 0 Å². The number of amides is 2. The molecule has 2 amide bonds. The van der Waals surface area contributed by atoms with Crippen LogP contribution in [0.25, 0.3) is 0 Å². The molecule has 3 N–H and O–H groups in total. The van der Waals surface area contributed by atoms with E-state index in [0.717, 1.165) is 17.8 Å². The van der Waals surface area contributed by atoms with Gasteiger partial charge >= 0.3 is 5.97 Å². The number of nitrogens with zero attached hydrogens (tertiary/aromatic N) is 1. The van der Waals surface area contributed by atoms with Crippen molar-refractivity contribution in [3.8, 4) is 0 Å². The lowest BCUT2D eigenvalue weighted by Gasteiger charge is -2.12. The molecule has 0 saturated heterocycles.